The Kier molecular flexibility index (Phi) is 17.0. The molecule has 3 fully saturated rings. The van der Waals surface area contributed by atoms with Crippen molar-refractivity contribution in [3.8, 4) is 0 Å². The van der Waals surface area contributed by atoms with Crippen molar-refractivity contribution in [2.24, 2.45) is 0 Å². The van der Waals surface area contributed by atoms with Crippen molar-refractivity contribution in [1.82, 2.24) is 10.6 Å². The van der Waals surface area contributed by atoms with Crippen LogP contribution in [0, 0.1) is 0 Å². The largest absolute Gasteiger partial charge is 0.394 e. The molecule has 9 unspecified atom stereocenters. The molecule has 0 saturated carbocycles. The fourth-order valence-corrected chi connectivity index (χ4v) is 5.41. The molecule has 0 bridgehead atoms. The molecule has 0 aromatic carbocycles. The van der Waals surface area contributed by atoms with Crippen LogP contribution in [0.1, 0.15) is 19.3 Å². The summed E-state index contributed by atoms with van der Waals surface area (Å²) < 4.78 is 33.0. The molecule has 3 saturated heterocycles. The van der Waals surface area contributed by atoms with Crippen LogP contribution in [0.5, 0.6) is 0 Å². The van der Waals surface area contributed by atoms with E-state index in [2.05, 4.69) is 23.3 Å². The van der Waals surface area contributed by atoms with Crippen LogP contribution in [0.25, 0.3) is 0 Å². The number of rotatable bonds is 17. The minimum Gasteiger partial charge on any atom is -0.394 e. The second-order valence-corrected chi connectivity index (χ2v) is 11.8. The summed E-state index contributed by atoms with van der Waals surface area (Å²) in [5, 5.41) is 108. The minimum absolute atomic E-state index is 0.0654. The number of ether oxygens (including phenoxy) is 6. The summed E-state index contributed by atoms with van der Waals surface area (Å²) in [4.78, 5) is 23.2. The van der Waals surface area contributed by atoms with E-state index in [1.165, 1.54) is 0 Å². The summed E-state index contributed by atoms with van der Waals surface area (Å²) in [6, 6.07) is 0. The molecule has 0 aromatic heterocycles. The van der Waals surface area contributed by atoms with Gasteiger partial charge < -0.3 is 90.1 Å². The second-order valence-electron chi connectivity index (χ2n) is 11.5. The van der Waals surface area contributed by atoms with Gasteiger partial charge in [0, 0.05) is 19.5 Å². The molecular weight excluding hydrogens is 672 g/mol. The average molecular weight is 721 g/mol. The van der Waals surface area contributed by atoms with Gasteiger partial charge in [0.2, 0.25) is 11.8 Å². The highest BCUT2D eigenvalue weighted by Crippen LogP contribution is 2.32. The monoisotopic (exact) mass is 720 g/mol. The fraction of sp³-hybridized carbons (Fsp3) is 0.926. The summed E-state index contributed by atoms with van der Waals surface area (Å²) in [6.45, 7) is -1.72. The standard InChI is InChI=1S/C27H48N2O18S/c30-7-11-16(35)17(36)20(39)26(43-11)46-24-13(9-32)45-27(22(41)19(24)38)47-23-12(8-31)44-25(21(40)18(23)37)42-6-1-3-14(33)28-4-2-5-29-15(34)10-48/h11-13,16-27,30-32,35-41,48H,1-10H2,(H,28,33)(H,29,34)/t11?,12?,13?,16-,17?,18?,19?,20?,21?,22?,23+,24-,25+,26+,27-/m0/s1. The number of carbonyl (C=O) groups is 2. The number of aliphatic hydroxyl groups is 10. The number of aliphatic hydroxyl groups excluding tert-OH is 10. The Labute approximate surface area is 280 Å². The maximum Gasteiger partial charge on any atom is 0.229 e. The van der Waals surface area contributed by atoms with E-state index in [9.17, 15) is 60.7 Å². The summed E-state index contributed by atoms with van der Waals surface area (Å²) in [5.74, 6) is -0.426. The molecule has 21 heteroatoms. The van der Waals surface area contributed by atoms with Crippen LogP contribution >= 0.6 is 12.6 Å². The van der Waals surface area contributed by atoms with Crippen LogP contribution in [0.3, 0.4) is 0 Å². The SMILES string of the molecule is O=C(CS)NCCCNC(=O)CCCO[C@@H]1OC(CO)[C@@H](O[C@@H]2OC(CO)[C@H](O[C@H]3OC(CO)[C@H](O)C(O)C3O)C(O)C2O)C(O)C1O. The molecule has 3 aliphatic rings. The highest BCUT2D eigenvalue weighted by molar-refractivity contribution is 7.81. The Balaban J connectivity index is 1.50. The maximum absolute atomic E-state index is 12.0. The van der Waals surface area contributed by atoms with E-state index in [0.717, 1.165) is 0 Å². The topological polar surface area (TPSA) is 316 Å². The zero-order valence-corrected chi connectivity index (χ0v) is 26.8. The molecule has 3 aliphatic heterocycles. The predicted molar refractivity (Wildman–Crippen MR) is 159 cm³/mol. The molecule has 3 rings (SSSR count). The Morgan fingerprint density at radius 3 is 1.56 bits per heavy atom. The van der Waals surface area contributed by atoms with Crippen LogP contribution in [-0.2, 0) is 38.0 Å². The van der Waals surface area contributed by atoms with Crippen molar-refractivity contribution in [3.63, 3.8) is 0 Å². The molecule has 2 amide bonds. The number of hydrogen-bond acceptors (Lipinski definition) is 19. The van der Waals surface area contributed by atoms with Crippen LogP contribution < -0.4 is 10.6 Å². The van der Waals surface area contributed by atoms with Crippen molar-refractivity contribution in [2.75, 3.05) is 45.3 Å². The lowest BCUT2D eigenvalue weighted by Crippen LogP contribution is -2.66. The van der Waals surface area contributed by atoms with Gasteiger partial charge in [0.1, 0.15) is 73.2 Å². The van der Waals surface area contributed by atoms with E-state index in [4.69, 9.17) is 28.4 Å². The van der Waals surface area contributed by atoms with E-state index < -0.39 is 112 Å². The first-order valence-electron chi connectivity index (χ1n) is 15.5. The summed E-state index contributed by atoms with van der Waals surface area (Å²) in [5.41, 5.74) is 0. The third-order valence-electron chi connectivity index (χ3n) is 8.04. The van der Waals surface area contributed by atoms with Crippen LogP contribution in [0.15, 0.2) is 0 Å². The molecule has 0 aromatic rings. The van der Waals surface area contributed by atoms with Gasteiger partial charge >= 0.3 is 0 Å². The zero-order valence-electron chi connectivity index (χ0n) is 25.9. The molecular formula is C27H48N2O18S. The van der Waals surface area contributed by atoms with Gasteiger partial charge in [0.15, 0.2) is 18.9 Å². The van der Waals surface area contributed by atoms with Gasteiger partial charge in [-0.3, -0.25) is 9.59 Å². The lowest BCUT2D eigenvalue weighted by Gasteiger charge is -2.48. The number of amides is 2. The van der Waals surface area contributed by atoms with Gasteiger partial charge in [-0.05, 0) is 12.8 Å². The molecule has 0 radical (unpaired) electrons. The summed E-state index contributed by atoms with van der Waals surface area (Å²) >= 11 is 3.84. The lowest BCUT2D eigenvalue weighted by molar-refractivity contribution is -0.379. The Morgan fingerprint density at radius 2 is 1.04 bits per heavy atom. The fourth-order valence-electron chi connectivity index (χ4n) is 5.30. The van der Waals surface area contributed by atoms with Crippen molar-refractivity contribution < 1.29 is 89.1 Å². The van der Waals surface area contributed by atoms with E-state index in [1.54, 1.807) is 0 Å². The number of nitrogens with one attached hydrogen (secondary N) is 2. The third-order valence-corrected chi connectivity index (χ3v) is 8.33. The highest BCUT2D eigenvalue weighted by Gasteiger charge is 2.53. The number of carbonyl (C=O) groups excluding carboxylic acids is 2. The Morgan fingerprint density at radius 1 is 0.583 bits per heavy atom. The Bertz CT molecular complexity index is 983. The van der Waals surface area contributed by atoms with Gasteiger partial charge in [-0.2, -0.15) is 12.6 Å². The van der Waals surface area contributed by atoms with Gasteiger partial charge in [0.05, 0.1) is 32.2 Å². The molecule has 0 spiro atoms. The third kappa shape index (κ3) is 10.6. The lowest BCUT2D eigenvalue weighted by atomic mass is 9.96. The van der Waals surface area contributed by atoms with Gasteiger partial charge in [-0.1, -0.05) is 0 Å². The van der Waals surface area contributed by atoms with Crippen molar-refractivity contribution in [3.05, 3.63) is 0 Å². The molecule has 12 N–H and O–H groups in total. The minimum atomic E-state index is -1.95. The molecule has 3 heterocycles. The van der Waals surface area contributed by atoms with E-state index in [1.807, 2.05) is 0 Å². The van der Waals surface area contributed by atoms with Crippen molar-refractivity contribution >= 4 is 24.4 Å². The molecule has 15 atom stereocenters. The van der Waals surface area contributed by atoms with Crippen LogP contribution in [0.2, 0.25) is 0 Å². The predicted octanol–water partition coefficient (Wildman–Crippen LogP) is -7.22. The van der Waals surface area contributed by atoms with Gasteiger partial charge in [-0.25, -0.2) is 0 Å². The zero-order chi connectivity index (χ0) is 35.5. The molecule has 280 valence electrons. The second kappa shape index (κ2) is 19.9. The number of hydrogen-bond donors (Lipinski definition) is 13. The van der Waals surface area contributed by atoms with Gasteiger partial charge in [0.25, 0.3) is 0 Å². The Hall–Kier alpha value is -1.35. The summed E-state index contributed by atoms with van der Waals surface area (Å²) in [7, 11) is 0. The van der Waals surface area contributed by atoms with Crippen molar-refractivity contribution in [2.45, 2.75) is 111 Å². The average Bonchev–Trinajstić information content (AvgIpc) is 3.08. The van der Waals surface area contributed by atoms with E-state index in [-0.39, 0.29) is 37.0 Å². The normalized spacial score (nSPS) is 40.4. The van der Waals surface area contributed by atoms with Crippen molar-refractivity contribution in [1.29, 1.82) is 0 Å². The molecule has 0 aliphatic carbocycles. The van der Waals surface area contributed by atoms with Gasteiger partial charge in [-0.15, -0.1) is 0 Å². The summed E-state index contributed by atoms with van der Waals surface area (Å²) in [6.07, 6.45) is -24.2. The molecule has 20 nitrogen and oxygen atoms in total. The van der Waals surface area contributed by atoms with E-state index >= 15 is 0 Å². The van der Waals surface area contributed by atoms with E-state index in [0.29, 0.717) is 19.5 Å². The first-order chi connectivity index (χ1) is 22.9. The van der Waals surface area contributed by atoms with Crippen LogP contribution in [0.4, 0.5) is 0 Å². The maximum atomic E-state index is 12.0. The number of thiol groups is 1. The smallest absolute Gasteiger partial charge is 0.229 e. The first-order valence-corrected chi connectivity index (χ1v) is 16.1. The quantitative estimate of drug-likeness (QED) is 0.0490. The highest BCUT2D eigenvalue weighted by atomic mass is 32.1. The first kappa shape index (κ1) is 41.1. The van der Waals surface area contributed by atoms with Crippen LogP contribution in [-0.4, -0.2) is 200 Å². The molecule has 48 heavy (non-hydrogen) atoms.